The minimum Gasteiger partial charge on any atom is -0.454 e. The zero-order valence-corrected chi connectivity index (χ0v) is 27.9. The SMILES string of the molecule is c1ccc2c(c1)oc1c(-n3c4ccccc4c4cccc(-c5cccc6c7ccccc7n(-c7cccc8c7oc7ccccc78)c56)c43)cccc12. The molecule has 0 spiro atoms. The molecule has 0 amide bonds. The number of fused-ring (bicyclic) bond motifs is 12. The van der Waals surface area contributed by atoms with Crippen LogP contribution in [-0.4, -0.2) is 9.13 Å². The molecule has 0 N–H and O–H groups in total. The standard InChI is InChI=1S/C48H28N2O2/c1-5-23-39-29(13-1)33-17-9-19-35(45(33)49(39)41-25-11-21-37-31-15-3-7-27-43(31)51-47(37)41)36-20-10-18-34-30-14-2-6-24-40(30)50(46(34)36)42-26-12-22-38-32-16-4-8-28-44(32)52-48(38)42/h1-28H. The summed E-state index contributed by atoms with van der Waals surface area (Å²) >= 11 is 0. The van der Waals surface area contributed by atoms with E-state index in [0.717, 1.165) is 88.4 Å². The molecule has 0 atom stereocenters. The second-order valence-electron chi connectivity index (χ2n) is 13.6. The molecule has 242 valence electrons. The molecule has 0 bridgehead atoms. The summed E-state index contributed by atoms with van der Waals surface area (Å²) in [6.07, 6.45) is 0. The van der Waals surface area contributed by atoms with E-state index >= 15 is 0 Å². The second kappa shape index (κ2) is 10.3. The summed E-state index contributed by atoms with van der Waals surface area (Å²) in [4.78, 5) is 0. The van der Waals surface area contributed by atoms with Gasteiger partial charge >= 0.3 is 0 Å². The highest BCUT2D eigenvalue weighted by Gasteiger charge is 2.24. The van der Waals surface area contributed by atoms with Gasteiger partial charge in [0.15, 0.2) is 11.2 Å². The first-order valence-corrected chi connectivity index (χ1v) is 17.7. The molecule has 4 nitrogen and oxygen atoms in total. The Morgan fingerprint density at radius 1 is 0.288 bits per heavy atom. The van der Waals surface area contributed by atoms with Crippen molar-refractivity contribution < 1.29 is 8.83 Å². The molecule has 12 aromatic rings. The minimum atomic E-state index is 0.880. The average molecular weight is 665 g/mol. The van der Waals surface area contributed by atoms with Crippen LogP contribution in [0.5, 0.6) is 0 Å². The zero-order chi connectivity index (χ0) is 33.9. The number of hydrogen-bond acceptors (Lipinski definition) is 2. The molecule has 0 aliphatic heterocycles. The fourth-order valence-electron chi connectivity index (χ4n) is 8.79. The highest BCUT2D eigenvalue weighted by Crippen LogP contribution is 2.45. The van der Waals surface area contributed by atoms with E-state index in [0.29, 0.717) is 0 Å². The number of para-hydroxylation sites is 8. The Balaban J connectivity index is 1.24. The monoisotopic (exact) mass is 664 g/mol. The van der Waals surface area contributed by atoms with E-state index in [1.165, 1.54) is 21.5 Å². The maximum absolute atomic E-state index is 6.67. The molecule has 0 unspecified atom stereocenters. The molecular weight excluding hydrogens is 637 g/mol. The van der Waals surface area contributed by atoms with Crippen LogP contribution in [0.25, 0.3) is 110 Å². The third kappa shape index (κ3) is 3.60. The second-order valence-corrected chi connectivity index (χ2v) is 13.6. The van der Waals surface area contributed by atoms with E-state index in [1.807, 2.05) is 12.1 Å². The van der Waals surface area contributed by atoms with Gasteiger partial charge in [-0.15, -0.1) is 0 Å². The van der Waals surface area contributed by atoms with Crippen molar-refractivity contribution in [2.24, 2.45) is 0 Å². The first-order valence-electron chi connectivity index (χ1n) is 17.7. The Labute approximate surface area is 296 Å². The van der Waals surface area contributed by atoms with Crippen molar-refractivity contribution in [1.29, 1.82) is 0 Å². The van der Waals surface area contributed by atoms with Crippen LogP contribution in [0.1, 0.15) is 0 Å². The Kier molecular flexibility index (Phi) is 5.47. The molecular formula is C48H28N2O2. The van der Waals surface area contributed by atoms with Crippen molar-refractivity contribution in [2.45, 2.75) is 0 Å². The average Bonchev–Trinajstić information content (AvgIpc) is 3.96. The number of benzene rings is 8. The van der Waals surface area contributed by atoms with Gasteiger partial charge in [0.2, 0.25) is 0 Å². The van der Waals surface area contributed by atoms with Gasteiger partial charge in [0.05, 0.1) is 33.4 Å². The lowest BCUT2D eigenvalue weighted by molar-refractivity contribution is 0.666. The van der Waals surface area contributed by atoms with Crippen LogP contribution in [0.3, 0.4) is 0 Å². The van der Waals surface area contributed by atoms with Gasteiger partial charge in [-0.25, -0.2) is 0 Å². The third-order valence-electron chi connectivity index (χ3n) is 10.9. The highest BCUT2D eigenvalue weighted by molar-refractivity contribution is 6.20. The summed E-state index contributed by atoms with van der Waals surface area (Å²) in [5.41, 5.74) is 12.4. The summed E-state index contributed by atoms with van der Waals surface area (Å²) in [7, 11) is 0. The Bertz CT molecular complexity index is 3190. The first-order chi connectivity index (χ1) is 25.8. The minimum absolute atomic E-state index is 0.880. The number of hydrogen-bond donors (Lipinski definition) is 0. The molecule has 4 aromatic heterocycles. The van der Waals surface area contributed by atoms with Gasteiger partial charge in [0, 0.05) is 54.2 Å². The van der Waals surface area contributed by atoms with E-state index in [4.69, 9.17) is 8.83 Å². The fourth-order valence-corrected chi connectivity index (χ4v) is 8.79. The summed E-state index contributed by atoms with van der Waals surface area (Å²) in [5.74, 6) is 0. The van der Waals surface area contributed by atoms with Crippen LogP contribution < -0.4 is 0 Å². The van der Waals surface area contributed by atoms with Crippen LogP contribution >= 0.6 is 0 Å². The molecule has 0 aliphatic carbocycles. The smallest absolute Gasteiger partial charge is 0.159 e. The first kappa shape index (κ1) is 27.7. The summed E-state index contributed by atoms with van der Waals surface area (Å²) in [5, 5.41) is 9.25. The van der Waals surface area contributed by atoms with Crippen molar-refractivity contribution in [1.82, 2.24) is 9.13 Å². The van der Waals surface area contributed by atoms with Gasteiger partial charge in [0.1, 0.15) is 11.2 Å². The van der Waals surface area contributed by atoms with Crippen molar-refractivity contribution in [3.05, 3.63) is 170 Å². The molecule has 0 aliphatic rings. The zero-order valence-electron chi connectivity index (χ0n) is 27.9. The number of furan rings is 2. The van der Waals surface area contributed by atoms with Gasteiger partial charge in [-0.05, 0) is 36.4 Å². The molecule has 8 aromatic carbocycles. The molecule has 4 heterocycles. The largest absolute Gasteiger partial charge is 0.454 e. The van der Waals surface area contributed by atoms with E-state index in [-0.39, 0.29) is 0 Å². The predicted octanol–water partition coefficient (Wildman–Crippen LogP) is 13.3. The van der Waals surface area contributed by atoms with E-state index in [2.05, 4.69) is 167 Å². The molecule has 4 heteroatoms. The van der Waals surface area contributed by atoms with Crippen molar-refractivity contribution >= 4 is 87.5 Å². The topological polar surface area (TPSA) is 36.1 Å². The van der Waals surface area contributed by atoms with Gasteiger partial charge < -0.3 is 18.0 Å². The Hall–Kier alpha value is -7.04. The number of nitrogens with zero attached hydrogens (tertiary/aromatic N) is 2. The van der Waals surface area contributed by atoms with Gasteiger partial charge in [-0.3, -0.25) is 0 Å². The lowest BCUT2D eigenvalue weighted by atomic mass is 9.99. The molecule has 12 rings (SSSR count). The van der Waals surface area contributed by atoms with E-state index < -0.39 is 0 Å². The lowest BCUT2D eigenvalue weighted by Gasteiger charge is -2.15. The van der Waals surface area contributed by atoms with Crippen LogP contribution in [0.2, 0.25) is 0 Å². The summed E-state index contributed by atoms with van der Waals surface area (Å²) in [6.45, 7) is 0. The Morgan fingerprint density at radius 3 is 1.13 bits per heavy atom. The predicted molar refractivity (Wildman–Crippen MR) is 215 cm³/mol. The quantitative estimate of drug-likeness (QED) is 0.188. The molecule has 0 fully saturated rings. The lowest BCUT2D eigenvalue weighted by Crippen LogP contribution is -1.98. The van der Waals surface area contributed by atoms with E-state index in [9.17, 15) is 0 Å². The Morgan fingerprint density at radius 2 is 0.654 bits per heavy atom. The van der Waals surface area contributed by atoms with Crippen LogP contribution in [0.4, 0.5) is 0 Å². The van der Waals surface area contributed by atoms with Gasteiger partial charge in [0.25, 0.3) is 0 Å². The summed E-state index contributed by atoms with van der Waals surface area (Å²) < 4.78 is 18.2. The molecule has 0 radical (unpaired) electrons. The third-order valence-corrected chi connectivity index (χ3v) is 10.9. The number of aromatic nitrogens is 2. The molecule has 0 saturated carbocycles. The maximum Gasteiger partial charge on any atom is 0.159 e. The van der Waals surface area contributed by atoms with Gasteiger partial charge in [-0.2, -0.15) is 0 Å². The maximum atomic E-state index is 6.67. The molecule has 0 saturated heterocycles. The van der Waals surface area contributed by atoms with Crippen LogP contribution in [0, 0.1) is 0 Å². The summed E-state index contributed by atoms with van der Waals surface area (Å²) in [6, 6.07) is 60.5. The van der Waals surface area contributed by atoms with Crippen molar-refractivity contribution in [3.8, 4) is 22.5 Å². The fraction of sp³-hybridized carbons (Fsp3) is 0. The number of rotatable bonds is 3. The van der Waals surface area contributed by atoms with Gasteiger partial charge in [-0.1, -0.05) is 133 Å². The van der Waals surface area contributed by atoms with Crippen LogP contribution in [-0.2, 0) is 0 Å². The van der Waals surface area contributed by atoms with Crippen molar-refractivity contribution in [2.75, 3.05) is 0 Å². The van der Waals surface area contributed by atoms with Crippen molar-refractivity contribution in [3.63, 3.8) is 0 Å². The van der Waals surface area contributed by atoms with E-state index in [1.54, 1.807) is 0 Å². The normalized spacial score (nSPS) is 12.2. The van der Waals surface area contributed by atoms with Crippen LogP contribution in [0.15, 0.2) is 179 Å². The highest BCUT2D eigenvalue weighted by atomic mass is 16.3. The molecule has 52 heavy (non-hydrogen) atoms.